The lowest BCUT2D eigenvalue weighted by molar-refractivity contribution is 0.0683. The Hall–Kier alpha value is -6.54. The molecule has 0 aliphatic carbocycles. The van der Waals surface area contributed by atoms with E-state index in [0.29, 0.717) is 11.1 Å². The van der Waals surface area contributed by atoms with E-state index >= 15 is 0 Å². The van der Waals surface area contributed by atoms with Gasteiger partial charge in [0.1, 0.15) is 11.5 Å². The Labute approximate surface area is 417 Å². The molecule has 6 aromatic rings. The maximum Gasteiger partial charge on any atom is 0.343 e. The third-order valence-electron chi connectivity index (χ3n) is 12.4. The molecule has 8 nitrogen and oxygen atoms in total. The van der Waals surface area contributed by atoms with Crippen molar-refractivity contribution < 1.29 is 28.5 Å². The van der Waals surface area contributed by atoms with Crippen molar-refractivity contribution in [2.75, 3.05) is 13.2 Å². The number of hydrogen-bond acceptors (Lipinski definition) is 8. The second-order valence-corrected chi connectivity index (χ2v) is 18.2. The molecule has 0 N–H and O–H groups in total. The van der Waals surface area contributed by atoms with Crippen molar-refractivity contribution in [2.45, 2.75) is 142 Å². The Kier molecular flexibility index (Phi) is 23.3. The van der Waals surface area contributed by atoms with Crippen LogP contribution in [0.15, 0.2) is 143 Å². The molecule has 0 heterocycles. The van der Waals surface area contributed by atoms with Gasteiger partial charge in [0.15, 0.2) is 11.5 Å². The van der Waals surface area contributed by atoms with E-state index in [2.05, 4.69) is 23.8 Å². The Bertz CT molecular complexity index is 2320. The molecule has 6 aromatic carbocycles. The highest BCUT2D eigenvalue weighted by molar-refractivity contribution is 5.96. The summed E-state index contributed by atoms with van der Waals surface area (Å²) in [6.45, 7) is 5.97. The van der Waals surface area contributed by atoms with Gasteiger partial charge in [-0.15, -0.1) is 0 Å². The molecule has 0 spiro atoms. The number of nitrogens with zero attached hydrogens (tertiary/aromatic N) is 2. The maximum atomic E-state index is 13.5. The fourth-order valence-electron chi connectivity index (χ4n) is 8.20. The number of unbranched alkanes of at least 4 members (excludes halogenated alkanes) is 18. The summed E-state index contributed by atoms with van der Waals surface area (Å²) in [4.78, 5) is 36.2. The van der Waals surface area contributed by atoms with Gasteiger partial charge in [0, 0.05) is 12.4 Å². The zero-order chi connectivity index (χ0) is 48.9. The molecule has 0 saturated heterocycles. The second-order valence-electron chi connectivity index (χ2n) is 18.2. The zero-order valence-corrected chi connectivity index (χ0v) is 41.8. The third kappa shape index (κ3) is 19.1. The Balaban J connectivity index is 0.941. The van der Waals surface area contributed by atoms with Crippen LogP contribution in [0.25, 0.3) is 10.8 Å². The summed E-state index contributed by atoms with van der Waals surface area (Å²) in [5.41, 5.74) is 3.93. The standard InChI is InChI=1S/C62H74N2O6/c1-3-5-7-9-11-13-15-17-19-23-43-67-57-39-35-55(36-40-57)63-47-49-27-31-51(32-28-49)61(65)69-59-45-53-25-21-22-26-54(53)46-60(59)70-62(66)52-33-29-50(30-34-52)48-64-56-37-41-58(42-38-56)68-44-24-20-18-16-14-12-10-8-6-4-2/h21-22,25-42,45-48H,3-20,23-24,43-44H2,1-2H3. The monoisotopic (exact) mass is 943 g/mol. The molecule has 8 heteroatoms. The van der Waals surface area contributed by atoms with Crippen LogP contribution >= 0.6 is 0 Å². The average molecular weight is 943 g/mol. The molecule has 0 aliphatic rings. The van der Waals surface area contributed by atoms with Crippen molar-refractivity contribution in [1.29, 1.82) is 0 Å². The minimum absolute atomic E-state index is 0.137. The van der Waals surface area contributed by atoms with Crippen LogP contribution in [-0.4, -0.2) is 37.6 Å². The lowest BCUT2D eigenvalue weighted by Gasteiger charge is -2.12. The number of ether oxygens (including phenoxy) is 4. The van der Waals surface area contributed by atoms with E-state index in [9.17, 15) is 9.59 Å². The highest BCUT2D eigenvalue weighted by atomic mass is 16.6. The van der Waals surface area contributed by atoms with Crippen LogP contribution < -0.4 is 18.9 Å². The van der Waals surface area contributed by atoms with E-state index in [-0.39, 0.29) is 11.5 Å². The minimum atomic E-state index is -0.584. The molecule has 0 radical (unpaired) electrons. The lowest BCUT2D eigenvalue weighted by Crippen LogP contribution is -2.13. The largest absolute Gasteiger partial charge is 0.494 e. The van der Waals surface area contributed by atoms with Crippen molar-refractivity contribution >= 4 is 46.5 Å². The van der Waals surface area contributed by atoms with E-state index in [1.54, 1.807) is 48.8 Å². The predicted octanol–water partition coefficient (Wildman–Crippen LogP) is 17.4. The van der Waals surface area contributed by atoms with Gasteiger partial charge in [-0.25, -0.2) is 9.59 Å². The average Bonchev–Trinajstić information content (AvgIpc) is 3.39. The highest BCUT2D eigenvalue weighted by Gasteiger charge is 2.18. The summed E-state index contributed by atoms with van der Waals surface area (Å²) in [6.07, 6.45) is 29.5. The van der Waals surface area contributed by atoms with E-state index < -0.39 is 11.9 Å². The number of carbonyl (C=O) groups is 2. The van der Waals surface area contributed by atoms with Crippen molar-refractivity contribution in [3.8, 4) is 23.0 Å². The summed E-state index contributed by atoms with van der Waals surface area (Å²) in [5.74, 6) is 0.793. The molecule has 0 saturated carbocycles. The molecule has 0 atom stereocenters. The van der Waals surface area contributed by atoms with Crippen LogP contribution in [0, 0.1) is 0 Å². The molecule has 0 fully saturated rings. The topological polar surface area (TPSA) is 95.8 Å². The number of rotatable bonds is 32. The van der Waals surface area contributed by atoms with E-state index in [1.807, 2.05) is 97.1 Å². The van der Waals surface area contributed by atoms with Gasteiger partial charge in [-0.2, -0.15) is 0 Å². The molecular weight excluding hydrogens is 869 g/mol. The first-order valence-electron chi connectivity index (χ1n) is 26.2. The lowest BCUT2D eigenvalue weighted by atomic mass is 10.1. The Morgan fingerprint density at radius 2 is 0.729 bits per heavy atom. The molecule has 0 aliphatic heterocycles. The first kappa shape index (κ1) is 52.8. The van der Waals surface area contributed by atoms with E-state index in [0.717, 1.165) is 70.8 Å². The van der Waals surface area contributed by atoms with Gasteiger partial charge in [0.25, 0.3) is 0 Å². The second kappa shape index (κ2) is 30.8. The number of esters is 2. The van der Waals surface area contributed by atoms with Crippen LogP contribution in [0.3, 0.4) is 0 Å². The summed E-state index contributed by atoms with van der Waals surface area (Å²) in [6, 6.07) is 40.6. The van der Waals surface area contributed by atoms with Gasteiger partial charge in [0.2, 0.25) is 0 Å². The van der Waals surface area contributed by atoms with Crippen molar-refractivity contribution in [2.24, 2.45) is 9.98 Å². The fraction of sp³-hybridized carbons (Fsp3) is 0.387. The summed E-state index contributed by atoms with van der Waals surface area (Å²) in [7, 11) is 0. The predicted molar refractivity (Wildman–Crippen MR) is 289 cm³/mol. The third-order valence-corrected chi connectivity index (χ3v) is 12.4. The van der Waals surface area contributed by atoms with Crippen LogP contribution in [0.4, 0.5) is 11.4 Å². The van der Waals surface area contributed by atoms with Crippen molar-refractivity contribution in [3.05, 3.63) is 156 Å². The number of carbonyl (C=O) groups excluding carboxylic acids is 2. The molecular formula is C62H74N2O6. The molecule has 70 heavy (non-hydrogen) atoms. The van der Waals surface area contributed by atoms with Gasteiger partial charge in [-0.3, -0.25) is 9.98 Å². The summed E-state index contributed by atoms with van der Waals surface area (Å²) < 4.78 is 23.7. The Morgan fingerprint density at radius 1 is 0.400 bits per heavy atom. The highest BCUT2D eigenvalue weighted by Crippen LogP contribution is 2.34. The number of aliphatic imine (C=N–C) groups is 2. The van der Waals surface area contributed by atoms with Gasteiger partial charge >= 0.3 is 11.9 Å². The smallest absolute Gasteiger partial charge is 0.343 e. The number of benzene rings is 6. The van der Waals surface area contributed by atoms with Gasteiger partial charge in [0.05, 0.1) is 35.7 Å². The van der Waals surface area contributed by atoms with Crippen LogP contribution in [0.1, 0.15) is 174 Å². The molecule has 0 bridgehead atoms. The van der Waals surface area contributed by atoms with Crippen LogP contribution in [-0.2, 0) is 0 Å². The molecule has 6 rings (SSSR count). The van der Waals surface area contributed by atoms with E-state index in [1.165, 1.54) is 116 Å². The molecule has 368 valence electrons. The molecule has 0 unspecified atom stereocenters. The van der Waals surface area contributed by atoms with Crippen molar-refractivity contribution in [3.63, 3.8) is 0 Å². The summed E-state index contributed by atoms with van der Waals surface area (Å²) in [5, 5.41) is 1.67. The number of fused-ring (bicyclic) bond motifs is 1. The number of hydrogen-bond donors (Lipinski definition) is 0. The molecule has 0 amide bonds. The van der Waals surface area contributed by atoms with Crippen molar-refractivity contribution in [1.82, 2.24) is 0 Å². The maximum absolute atomic E-state index is 13.5. The van der Waals surface area contributed by atoms with Gasteiger partial charge in [-0.1, -0.05) is 178 Å². The van der Waals surface area contributed by atoms with Crippen LogP contribution in [0.5, 0.6) is 23.0 Å². The zero-order valence-electron chi connectivity index (χ0n) is 41.8. The molecule has 0 aromatic heterocycles. The minimum Gasteiger partial charge on any atom is -0.494 e. The Morgan fingerprint density at radius 3 is 1.07 bits per heavy atom. The first-order valence-corrected chi connectivity index (χ1v) is 26.2. The van der Waals surface area contributed by atoms with E-state index in [4.69, 9.17) is 18.9 Å². The first-order chi connectivity index (χ1) is 34.5. The normalized spacial score (nSPS) is 11.4. The van der Waals surface area contributed by atoms with Gasteiger partial charge < -0.3 is 18.9 Å². The van der Waals surface area contributed by atoms with Gasteiger partial charge in [-0.05, 0) is 120 Å². The SMILES string of the molecule is CCCCCCCCCCCCOc1ccc(N=Cc2ccc(C(=O)Oc3cc4ccccc4cc3OC(=O)c3ccc(C=Nc4ccc(OCCCCCCCCCCCC)cc4)cc3)cc2)cc1. The quantitative estimate of drug-likeness (QED) is 0.0181. The summed E-state index contributed by atoms with van der Waals surface area (Å²) >= 11 is 0. The van der Waals surface area contributed by atoms with Crippen LogP contribution in [0.2, 0.25) is 0 Å². The fourth-order valence-corrected chi connectivity index (χ4v) is 8.20.